The van der Waals surface area contributed by atoms with Gasteiger partial charge < -0.3 is 14.4 Å². The molecule has 8 heteroatoms. The normalized spacial score (nSPS) is 18.0. The van der Waals surface area contributed by atoms with E-state index in [0.717, 1.165) is 5.56 Å². The SMILES string of the molecule is COc1ccc(CC(=O)N2CCC(CS(N)(=O)=O)C2)c(OC)c1. The Bertz CT molecular complexity index is 674. The van der Waals surface area contributed by atoms with Crippen LogP contribution in [0, 0.1) is 5.92 Å². The fourth-order valence-electron chi connectivity index (χ4n) is 2.80. The van der Waals surface area contributed by atoms with Crippen LogP contribution < -0.4 is 14.6 Å². The first-order valence-corrected chi connectivity index (χ1v) is 9.03. The standard InChI is InChI=1S/C15H22N2O5S/c1-21-13-4-3-12(14(8-13)22-2)7-15(18)17-6-5-11(9-17)10-23(16,19)20/h3-4,8,11H,5-7,9-10H2,1-2H3,(H2,16,19,20). The molecule has 1 aliphatic rings. The van der Waals surface area contributed by atoms with E-state index < -0.39 is 10.0 Å². The minimum Gasteiger partial charge on any atom is -0.497 e. The summed E-state index contributed by atoms with van der Waals surface area (Å²) in [6.45, 7) is 0.977. The van der Waals surface area contributed by atoms with E-state index in [4.69, 9.17) is 14.6 Å². The van der Waals surface area contributed by atoms with Crippen LogP contribution in [-0.2, 0) is 21.2 Å². The lowest BCUT2D eigenvalue weighted by atomic mass is 10.1. The van der Waals surface area contributed by atoms with E-state index in [1.165, 1.54) is 0 Å². The molecule has 128 valence electrons. The highest BCUT2D eigenvalue weighted by Crippen LogP contribution is 2.26. The van der Waals surface area contributed by atoms with Gasteiger partial charge in [0.05, 0.1) is 26.4 Å². The summed E-state index contributed by atoms with van der Waals surface area (Å²) >= 11 is 0. The number of amides is 1. The van der Waals surface area contributed by atoms with Crippen molar-refractivity contribution in [1.82, 2.24) is 4.90 Å². The average molecular weight is 342 g/mol. The van der Waals surface area contributed by atoms with Crippen LogP contribution in [0.5, 0.6) is 11.5 Å². The number of hydrogen-bond donors (Lipinski definition) is 1. The summed E-state index contributed by atoms with van der Waals surface area (Å²) in [4.78, 5) is 14.1. The van der Waals surface area contributed by atoms with Gasteiger partial charge in [0, 0.05) is 24.7 Å². The molecule has 0 spiro atoms. The summed E-state index contributed by atoms with van der Waals surface area (Å²) in [6.07, 6.45) is 0.858. The highest BCUT2D eigenvalue weighted by atomic mass is 32.2. The predicted molar refractivity (Wildman–Crippen MR) is 85.9 cm³/mol. The van der Waals surface area contributed by atoms with Crippen LogP contribution >= 0.6 is 0 Å². The number of nitrogens with zero attached hydrogens (tertiary/aromatic N) is 1. The fourth-order valence-corrected chi connectivity index (χ4v) is 3.73. The first-order valence-electron chi connectivity index (χ1n) is 7.31. The number of benzene rings is 1. The monoisotopic (exact) mass is 342 g/mol. The minimum absolute atomic E-state index is 0.0506. The van der Waals surface area contributed by atoms with Gasteiger partial charge in [0.1, 0.15) is 11.5 Å². The number of carbonyl (C=O) groups excluding carboxylic acids is 1. The number of hydrogen-bond acceptors (Lipinski definition) is 5. The van der Waals surface area contributed by atoms with Crippen LogP contribution in [-0.4, -0.2) is 52.3 Å². The Labute approximate surface area is 136 Å². The molecule has 2 N–H and O–H groups in total. The molecule has 23 heavy (non-hydrogen) atoms. The number of likely N-dealkylation sites (tertiary alicyclic amines) is 1. The van der Waals surface area contributed by atoms with Crippen LogP contribution in [0.4, 0.5) is 0 Å². The molecular weight excluding hydrogens is 320 g/mol. The van der Waals surface area contributed by atoms with Crippen molar-refractivity contribution in [3.8, 4) is 11.5 Å². The van der Waals surface area contributed by atoms with Crippen molar-refractivity contribution in [3.63, 3.8) is 0 Å². The molecule has 0 aromatic heterocycles. The first-order chi connectivity index (χ1) is 10.8. The van der Waals surface area contributed by atoms with Crippen molar-refractivity contribution in [2.75, 3.05) is 33.1 Å². The van der Waals surface area contributed by atoms with Gasteiger partial charge in [0.15, 0.2) is 0 Å². The van der Waals surface area contributed by atoms with E-state index in [0.29, 0.717) is 31.0 Å². The Morgan fingerprint density at radius 2 is 2.09 bits per heavy atom. The molecule has 1 aromatic rings. The van der Waals surface area contributed by atoms with Crippen molar-refractivity contribution in [2.45, 2.75) is 12.8 Å². The highest BCUT2D eigenvalue weighted by molar-refractivity contribution is 7.89. The molecule has 0 bridgehead atoms. The maximum absolute atomic E-state index is 12.4. The zero-order valence-corrected chi connectivity index (χ0v) is 14.1. The molecule has 1 heterocycles. The van der Waals surface area contributed by atoms with Crippen LogP contribution in [0.15, 0.2) is 18.2 Å². The number of primary sulfonamides is 1. The molecule has 1 unspecified atom stereocenters. The molecule has 7 nitrogen and oxygen atoms in total. The Hall–Kier alpha value is -1.80. The second-order valence-electron chi connectivity index (χ2n) is 5.68. The van der Waals surface area contributed by atoms with Gasteiger partial charge in [-0.1, -0.05) is 6.07 Å². The number of ether oxygens (including phenoxy) is 2. The molecule has 2 rings (SSSR count). The highest BCUT2D eigenvalue weighted by Gasteiger charge is 2.29. The molecule has 0 saturated carbocycles. The molecule has 0 aliphatic carbocycles. The van der Waals surface area contributed by atoms with Gasteiger partial charge >= 0.3 is 0 Å². The fraction of sp³-hybridized carbons (Fsp3) is 0.533. The van der Waals surface area contributed by atoms with Crippen molar-refractivity contribution in [1.29, 1.82) is 0 Å². The van der Waals surface area contributed by atoms with Crippen molar-refractivity contribution >= 4 is 15.9 Å². The van der Waals surface area contributed by atoms with E-state index in [1.807, 2.05) is 0 Å². The molecule has 1 saturated heterocycles. The number of nitrogens with two attached hydrogens (primary N) is 1. The first kappa shape index (κ1) is 17.6. The molecule has 1 aromatic carbocycles. The van der Waals surface area contributed by atoms with Crippen LogP contribution in [0.3, 0.4) is 0 Å². The van der Waals surface area contributed by atoms with E-state index in [-0.39, 0.29) is 24.0 Å². The Morgan fingerprint density at radius 1 is 1.35 bits per heavy atom. The molecular formula is C15H22N2O5S. The van der Waals surface area contributed by atoms with E-state index in [1.54, 1.807) is 37.3 Å². The zero-order chi connectivity index (χ0) is 17.0. The zero-order valence-electron chi connectivity index (χ0n) is 13.3. The average Bonchev–Trinajstić information content (AvgIpc) is 2.94. The maximum Gasteiger partial charge on any atom is 0.227 e. The van der Waals surface area contributed by atoms with Gasteiger partial charge in [-0.15, -0.1) is 0 Å². The summed E-state index contributed by atoms with van der Waals surface area (Å²) < 4.78 is 32.7. The molecule has 1 amide bonds. The third kappa shape index (κ3) is 4.84. The van der Waals surface area contributed by atoms with Gasteiger partial charge in [-0.3, -0.25) is 4.79 Å². The van der Waals surface area contributed by atoms with E-state index in [9.17, 15) is 13.2 Å². The summed E-state index contributed by atoms with van der Waals surface area (Å²) in [7, 11) is -0.398. The Morgan fingerprint density at radius 3 is 2.70 bits per heavy atom. The van der Waals surface area contributed by atoms with Crippen molar-refractivity contribution in [3.05, 3.63) is 23.8 Å². The summed E-state index contributed by atoms with van der Waals surface area (Å²) in [5, 5.41) is 5.07. The van der Waals surface area contributed by atoms with Gasteiger partial charge in [0.25, 0.3) is 0 Å². The van der Waals surface area contributed by atoms with Crippen molar-refractivity contribution < 1.29 is 22.7 Å². The predicted octanol–water partition coefficient (Wildman–Crippen LogP) is 0.383. The summed E-state index contributed by atoms with van der Waals surface area (Å²) in [6, 6.07) is 5.31. The minimum atomic E-state index is -3.51. The summed E-state index contributed by atoms with van der Waals surface area (Å²) in [5.74, 6) is 1.03. The molecule has 1 fully saturated rings. The number of methoxy groups -OCH3 is 2. The Balaban J connectivity index is 2.00. The lowest BCUT2D eigenvalue weighted by Crippen LogP contribution is -2.32. The summed E-state index contributed by atoms with van der Waals surface area (Å²) in [5.41, 5.74) is 0.771. The van der Waals surface area contributed by atoms with Gasteiger partial charge in [-0.05, 0) is 18.4 Å². The number of carbonyl (C=O) groups is 1. The number of sulfonamides is 1. The molecule has 0 radical (unpaired) electrons. The van der Waals surface area contributed by atoms with Crippen molar-refractivity contribution in [2.24, 2.45) is 11.1 Å². The second-order valence-corrected chi connectivity index (χ2v) is 7.34. The topological polar surface area (TPSA) is 98.9 Å². The van der Waals surface area contributed by atoms with E-state index >= 15 is 0 Å². The van der Waals surface area contributed by atoms with Gasteiger partial charge in [-0.25, -0.2) is 13.6 Å². The molecule has 1 atom stereocenters. The quantitative estimate of drug-likeness (QED) is 0.806. The third-order valence-corrected chi connectivity index (χ3v) is 4.88. The van der Waals surface area contributed by atoms with Crippen LogP contribution in [0.2, 0.25) is 0 Å². The lowest BCUT2D eigenvalue weighted by Gasteiger charge is -2.17. The van der Waals surface area contributed by atoms with E-state index in [2.05, 4.69) is 0 Å². The molecule has 1 aliphatic heterocycles. The second kappa shape index (κ2) is 7.18. The largest absolute Gasteiger partial charge is 0.497 e. The Kier molecular flexibility index (Phi) is 5.48. The smallest absolute Gasteiger partial charge is 0.227 e. The van der Waals surface area contributed by atoms with Gasteiger partial charge in [-0.2, -0.15) is 0 Å². The van der Waals surface area contributed by atoms with Crippen LogP contribution in [0.25, 0.3) is 0 Å². The van der Waals surface area contributed by atoms with Crippen LogP contribution in [0.1, 0.15) is 12.0 Å². The number of rotatable bonds is 6. The van der Waals surface area contributed by atoms with Gasteiger partial charge in [0.2, 0.25) is 15.9 Å². The lowest BCUT2D eigenvalue weighted by molar-refractivity contribution is -0.129. The maximum atomic E-state index is 12.4. The third-order valence-electron chi connectivity index (χ3n) is 3.94.